The number of para-hydroxylation sites is 6. The number of fused-ring (bicyclic) bond motifs is 19. The van der Waals surface area contributed by atoms with Crippen molar-refractivity contribution >= 4 is 141 Å². The van der Waals surface area contributed by atoms with Gasteiger partial charge in [0, 0.05) is 76.1 Å². The van der Waals surface area contributed by atoms with Crippen LogP contribution in [-0.4, -0.2) is 43.2 Å². The molecule has 0 bridgehead atoms. The summed E-state index contributed by atoms with van der Waals surface area (Å²) < 4.78 is 9.20. The molecule has 0 aliphatic heterocycles. The van der Waals surface area contributed by atoms with E-state index in [1.807, 2.05) is 12.1 Å². The summed E-state index contributed by atoms with van der Waals surface area (Å²) in [7, 11) is 0. The van der Waals surface area contributed by atoms with Gasteiger partial charge >= 0.3 is 0 Å². The van der Waals surface area contributed by atoms with Crippen LogP contribution in [0.3, 0.4) is 0 Å². The van der Waals surface area contributed by atoms with E-state index >= 15 is 0 Å². The first-order valence-corrected chi connectivity index (χ1v) is 46.1. The first kappa shape index (κ1) is 80.3. The third-order valence-electron chi connectivity index (χ3n) is 26.9. The van der Waals surface area contributed by atoms with Crippen molar-refractivity contribution in [3.05, 3.63) is 454 Å². The van der Waals surface area contributed by atoms with Crippen molar-refractivity contribution in [2.24, 2.45) is 0 Å². The summed E-state index contributed by atoms with van der Waals surface area (Å²) in [6, 6.07) is 158. The molecule has 7 heterocycles. The lowest BCUT2D eigenvalue weighted by Gasteiger charge is -2.19. The Hall–Kier alpha value is -17.0. The normalized spacial score (nSPS) is 12.0. The van der Waals surface area contributed by atoms with Crippen molar-refractivity contribution in [1.29, 1.82) is 0 Å². The molecule has 0 aliphatic carbocycles. The Kier molecular flexibility index (Phi) is 19.5. The van der Waals surface area contributed by atoms with Crippen molar-refractivity contribution in [2.45, 2.75) is 52.4 Å². The lowest BCUT2D eigenvalue weighted by atomic mass is 9.86. The Balaban J connectivity index is 0.000000111. The van der Waals surface area contributed by atoms with Crippen LogP contribution in [-0.2, 0) is 10.8 Å². The zero-order valence-electron chi connectivity index (χ0n) is 75.2. The molecule has 7 aromatic heterocycles. The van der Waals surface area contributed by atoms with E-state index < -0.39 is 0 Å². The zero-order chi connectivity index (χ0) is 89.9. The van der Waals surface area contributed by atoms with E-state index in [9.17, 15) is 0 Å². The highest BCUT2D eigenvalue weighted by molar-refractivity contribution is 6.24. The molecule has 19 aromatic carbocycles. The second kappa shape index (κ2) is 32.6. The molecule has 0 atom stereocenters. The predicted octanol–water partition coefficient (Wildman–Crippen LogP) is 32.8. The molecular weight excluding hydrogens is 1630 g/mol. The fourth-order valence-corrected chi connectivity index (χ4v) is 20.2. The van der Waals surface area contributed by atoms with Gasteiger partial charge in [0.15, 0.2) is 0 Å². The van der Waals surface area contributed by atoms with E-state index in [0.717, 1.165) is 94.1 Å². The molecule has 0 N–H and O–H groups in total. The van der Waals surface area contributed by atoms with Gasteiger partial charge in [0.2, 0.25) is 11.9 Å². The Morgan fingerprint density at radius 3 is 1.01 bits per heavy atom. The number of benzene rings is 19. The van der Waals surface area contributed by atoms with Crippen LogP contribution in [0.4, 0.5) is 0 Å². The van der Waals surface area contributed by atoms with Crippen molar-refractivity contribution < 1.29 is 0 Å². The van der Waals surface area contributed by atoms with Crippen LogP contribution in [0.15, 0.2) is 443 Å². The number of hydrogen-bond donors (Lipinski definition) is 0. The smallest absolute Gasteiger partial charge is 0.235 e. The van der Waals surface area contributed by atoms with Gasteiger partial charge in [-0.1, -0.05) is 387 Å². The summed E-state index contributed by atoms with van der Waals surface area (Å²) in [5.41, 5.74) is 29.5. The number of aromatic nitrogens is 9. The molecule has 0 saturated heterocycles. The Bertz CT molecular complexity index is 9110. The van der Waals surface area contributed by atoms with Gasteiger partial charge in [-0.05, 0) is 185 Å². The van der Waals surface area contributed by atoms with Gasteiger partial charge in [-0.3, -0.25) is 13.7 Å². The standard InChI is InChI=1S/C45H29N3.2C40H31N3/c1-3-13-30(14-4-1)37-29-45(46-40-20-10-7-17-34(37)40)48-42-22-12-9-19-36(42)39-28-32(24-26-44(39)48)31-23-25-43-38(27-31)35-18-8-11-21-41(35)47(43)33-15-5-2-6-16-33;1-40(2,3)30-21-17-26(18-22-30)29-19-23-33-36(25-29)43(35-24-20-27-11-7-8-14-31(27)37(33)35)39-41-34-16-10-9-15-32(34)38(42-39)28-12-5-4-6-13-28;1-40(2,3)30-21-17-28(18-22-30)38-32-15-9-10-16-34(32)41-39(42-38)43-35-24-20-27-13-7-8-14-31(27)37(35)33-23-19-29(25-36(33)43)26-11-5-4-6-12-26/h1-29H;2*4-25H,1-3H3. The number of nitrogens with zero attached hydrogens (tertiary/aromatic N) is 9. The average Bonchev–Trinajstić information content (AvgIpc) is 1.57. The first-order chi connectivity index (χ1) is 65.7. The van der Waals surface area contributed by atoms with Crippen molar-refractivity contribution in [3.63, 3.8) is 0 Å². The largest absolute Gasteiger partial charge is 0.309 e. The molecule has 0 aliphatic rings. The van der Waals surface area contributed by atoms with Crippen molar-refractivity contribution in [3.8, 4) is 90.4 Å². The van der Waals surface area contributed by atoms with Gasteiger partial charge in [0.25, 0.3) is 0 Å². The molecule has 9 heteroatoms. The second-order valence-corrected chi connectivity index (χ2v) is 37.1. The molecule has 0 unspecified atom stereocenters. The molecule has 26 rings (SSSR count). The highest BCUT2D eigenvalue weighted by Gasteiger charge is 2.26. The maximum absolute atomic E-state index is 5.34. The molecular formula is C125H91N9. The van der Waals surface area contributed by atoms with E-state index in [-0.39, 0.29) is 10.8 Å². The molecule has 0 spiro atoms. The monoisotopic (exact) mass is 1720 g/mol. The van der Waals surface area contributed by atoms with E-state index in [2.05, 4.69) is 491 Å². The maximum Gasteiger partial charge on any atom is 0.235 e. The van der Waals surface area contributed by atoms with Crippen LogP contribution < -0.4 is 0 Å². The van der Waals surface area contributed by atoms with Crippen LogP contribution >= 0.6 is 0 Å². The quantitative estimate of drug-likeness (QED) is 0.136. The fourth-order valence-electron chi connectivity index (χ4n) is 20.2. The SMILES string of the molecule is CC(C)(C)c1ccc(-c2ccc3c4c5ccccc5ccc4n(-c4nc(-c5ccccc5)c5ccccc5n4)c3c2)cc1.CC(C)(C)c1ccc(-c2nc(-n3c4cc(-c5ccccc5)ccc4c4c5ccccc5ccc43)nc3ccccc23)cc1.c1ccc(-c2cc(-n3c4ccccc4c4cc(-c5ccc6c(c5)c5ccccc5n6-c5ccccc5)ccc43)nc3ccccc23)cc1. The molecule has 26 aromatic rings. The molecule has 0 radical (unpaired) electrons. The van der Waals surface area contributed by atoms with E-state index in [1.54, 1.807) is 0 Å². The number of rotatable bonds is 10. The summed E-state index contributed by atoms with van der Waals surface area (Å²) in [6.45, 7) is 13.5. The average molecular weight is 1720 g/mol. The minimum absolute atomic E-state index is 0.0830. The van der Waals surface area contributed by atoms with Gasteiger partial charge in [0.05, 0.1) is 72.1 Å². The lowest BCUT2D eigenvalue weighted by Crippen LogP contribution is -2.10. The fraction of sp³-hybridized carbons (Fsp3) is 0.0640. The summed E-state index contributed by atoms with van der Waals surface area (Å²) in [5, 5.41) is 17.9. The third kappa shape index (κ3) is 14.1. The van der Waals surface area contributed by atoms with Gasteiger partial charge in [-0.15, -0.1) is 0 Å². The summed E-state index contributed by atoms with van der Waals surface area (Å²) >= 11 is 0. The zero-order valence-corrected chi connectivity index (χ0v) is 75.2. The predicted molar refractivity (Wildman–Crippen MR) is 563 cm³/mol. The molecule has 636 valence electrons. The van der Waals surface area contributed by atoms with Crippen LogP contribution in [0.5, 0.6) is 0 Å². The summed E-state index contributed by atoms with van der Waals surface area (Å²) in [5.74, 6) is 2.27. The summed E-state index contributed by atoms with van der Waals surface area (Å²) in [4.78, 5) is 26.2. The minimum Gasteiger partial charge on any atom is -0.309 e. The van der Waals surface area contributed by atoms with E-state index in [0.29, 0.717) is 11.9 Å². The van der Waals surface area contributed by atoms with Gasteiger partial charge in [-0.25, -0.2) is 24.9 Å². The lowest BCUT2D eigenvalue weighted by molar-refractivity contribution is 0.590. The second-order valence-electron chi connectivity index (χ2n) is 37.1. The van der Waals surface area contributed by atoms with Gasteiger partial charge in [-0.2, -0.15) is 0 Å². The molecule has 134 heavy (non-hydrogen) atoms. The molecule has 0 amide bonds. The highest BCUT2D eigenvalue weighted by Crippen LogP contribution is 2.46. The Morgan fingerprint density at radius 1 is 0.187 bits per heavy atom. The Morgan fingerprint density at radius 2 is 0.522 bits per heavy atom. The maximum atomic E-state index is 5.34. The minimum atomic E-state index is 0.0830. The number of hydrogen-bond acceptors (Lipinski definition) is 5. The van der Waals surface area contributed by atoms with Crippen molar-refractivity contribution in [1.82, 2.24) is 43.2 Å². The van der Waals surface area contributed by atoms with E-state index in [4.69, 9.17) is 24.9 Å². The number of pyridine rings is 1. The first-order valence-electron chi connectivity index (χ1n) is 46.1. The van der Waals surface area contributed by atoms with Gasteiger partial charge < -0.3 is 4.57 Å². The van der Waals surface area contributed by atoms with Crippen LogP contribution in [0, 0.1) is 0 Å². The molecule has 9 nitrogen and oxygen atoms in total. The molecule has 0 fully saturated rings. The molecule has 0 saturated carbocycles. The summed E-state index contributed by atoms with van der Waals surface area (Å²) in [6.07, 6.45) is 0. The third-order valence-corrected chi connectivity index (χ3v) is 26.9. The van der Waals surface area contributed by atoms with Gasteiger partial charge in [0.1, 0.15) is 5.82 Å². The van der Waals surface area contributed by atoms with Crippen molar-refractivity contribution in [2.75, 3.05) is 0 Å². The van der Waals surface area contributed by atoms with E-state index in [1.165, 1.54) is 137 Å². The topological polar surface area (TPSA) is 84.2 Å². The highest BCUT2D eigenvalue weighted by atomic mass is 15.2. The van der Waals surface area contributed by atoms with Crippen LogP contribution in [0.1, 0.15) is 52.7 Å². The van der Waals surface area contributed by atoms with Crippen LogP contribution in [0.25, 0.3) is 232 Å². The van der Waals surface area contributed by atoms with Crippen LogP contribution in [0.2, 0.25) is 0 Å². The Labute approximate surface area is 776 Å².